The van der Waals surface area contributed by atoms with Crippen LogP contribution < -0.4 is 10.3 Å². The monoisotopic (exact) mass is 339 g/mol. The zero-order chi connectivity index (χ0) is 16.4. The van der Waals surface area contributed by atoms with Gasteiger partial charge in [-0.3, -0.25) is 4.79 Å². The molecule has 0 amide bonds. The molecule has 0 unspecified atom stereocenters. The van der Waals surface area contributed by atoms with Crippen molar-refractivity contribution in [1.29, 1.82) is 0 Å². The highest BCUT2D eigenvalue weighted by molar-refractivity contribution is 7.13. The van der Waals surface area contributed by atoms with Gasteiger partial charge in [0.2, 0.25) is 0 Å². The number of thiophene rings is 1. The van der Waals surface area contributed by atoms with Crippen LogP contribution in [0.5, 0.6) is 5.75 Å². The molecule has 0 bridgehead atoms. The summed E-state index contributed by atoms with van der Waals surface area (Å²) in [7, 11) is 0. The predicted octanol–water partition coefficient (Wildman–Crippen LogP) is 5.22. The van der Waals surface area contributed by atoms with Gasteiger partial charge in [0.05, 0.1) is 17.7 Å². The van der Waals surface area contributed by atoms with Crippen molar-refractivity contribution in [2.45, 2.75) is 32.1 Å². The van der Waals surface area contributed by atoms with E-state index in [-0.39, 0.29) is 5.56 Å². The van der Waals surface area contributed by atoms with E-state index in [9.17, 15) is 4.79 Å². The number of para-hydroxylation sites is 1. The summed E-state index contributed by atoms with van der Waals surface area (Å²) in [6.07, 6.45) is 6.39. The van der Waals surface area contributed by atoms with Crippen molar-refractivity contribution < 1.29 is 4.74 Å². The quantitative estimate of drug-likeness (QED) is 0.708. The molecule has 1 saturated carbocycles. The molecule has 3 aromatic rings. The lowest BCUT2D eigenvalue weighted by Gasteiger charge is -2.22. The van der Waals surface area contributed by atoms with Crippen LogP contribution in [-0.4, -0.2) is 11.6 Å². The van der Waals surface area contributed by atoms with Gasteiger partial charge in [-0.15, -0.1) is 11.3 Å². The normalized spacial score (nSPS) is 15.7. The van der Waals surface area contributed by atoms with E-state index in [2.05, 4.69) is 4.98 Å². The number of nitrogens with one attached hydrogen (secondary N) is 1. The highest BCUT2D eigenvalue weighted by Crippen LogP contribution is 2.36. The number of hydrogen-bond acceptors (Lipinski definition) is 3. The van der Waals surface area contributed by atoms with Gasteiger partial charge in [-0.2, -0.15) is 0 Å². The Balaban J connectivity index is 1.78. The third-order valence-corrected chi connectivity index (χ3v) is 5.72. The molecular weight excluding hydrogens is 318 g/mol. The van der Waals surface area contributed by atoms with Crippen LogP contribution in [0.4, 0.5) is 0 Å². The maximum atomic E-state index is 12.7. The molecule has 1 aliphatic rings. The van der Waals surface area contributed by atoms with Gasteiger partial charge in [-0.05, 0) is 42.3 Å². The van der Waals surface area contributed by atoms with Crippen molar-refractivity contribution in [3.63, 3.8) is 0 Å². The molecule has 0 saturated heterocycles. The van der Waals surface area contributed by atoms with Gasteiger partial charge in [-0.1, -0.05) is 37.5 Å². The van der Waals surface area contributed by atoms with Gasteiger partial charge >= 0.3 is 0 Å². The summed E-state index contributed by atoms with van der Waals surface area (Å²) in [5.74, 6) is 1.34. The average molecular weight is 339 g/mol. The predicted molar refractivity (Wildman–Crippen MR) is 100.0 cm³/mol. The largest absolute Gasteiger partial charge is 0.492 e. The number of aromatic amines is 1. The Labute approximate surface area is 145 Å². The van der Waals surface area contributed by atoms with Crippen molar-refractivity contribution in [3.8, 4) is 16.2 Å². The van der Waals surface area contributed by atoms with Gasteiger partial charge in [0.1, 0.15) is 5.75 Å². The first-order valence-corrected chi connectivity index (χ1v) is 9.52. The molecule has 3 nitrogen and oxygen atoms in total. The van der Waals surface area contributed by atoms with E-state index in [0.717, 1.165) is 21.5 Å². The second kappa shape index (κ2) is 6.81. The molecule has 0 spiro atoms. The zero-order valence-electron chi connectivity index (χ0n) is 13.6. The van der Waals surface area contributed by atoms with Crippen molar-refractivity contribution in [2.75, 3.05) is 6.61 Å². The molecule has 24 heavy (non-hydrogen) atoms. The minimum atomic E-state index is -0.0743. The Morgan fingerprint density at radius 3 is 2.71 bits per heavy atom. The standard InChI is InChI=1S/C20H21NO2S/c22-20-18(17-11-6-12-24-17)19(15-9-4-5-10-16(15)21-20)23-13-14-7-2-1-3-8-14/h4-6,9-12,14H,1-3,7-8,13H2,(H,21,22). The van der Waals surface area contributed by atoms with Crippen LogP contribution >= 0.6 is 11.3 Å². The number of rotatable bonds is 4. The fraction of sp³-hybridized carbons (Fsp3) is 0.350. The van der Waals surface area contributed by atoms with Gasteiger partial charge < -0.3 is 9.72 Å². The zero-order valence-corrected chi connectivity index (χ0v) is 14.4. The first kappa shape index (κ1) is 15.5. The van der Waals surface area contributed by atoms with Gasteiger partial charge in [0.25, 0.3) is 5.56 Å². The lowest BCUT2D eigenvalue weighted by molar-refractivity contribution is 0.211. The topological polar surface area (TPSA) is 42.1 Å². The third kappa shape index (κ3) is 2.98. The van der Waals surface area contributed by atoms with E-state index >= 15 is 0 Å². The lowest BCUT2D eigenvalue weighted by atomic mass is 9.90. The van der Waals surface area contributed by atoms with Crippen LogP contribution in [0.3, 0.4) is 0 Å². The lowest BCUT2D eigenvalue weighted by Crippen LogP contribution is -2.18. The van der Waals surface area contributed by atoms with Crippen molar-refractivity contribution in [2.24, 2.45) is 5.92 Å². The van der Waals surface area contributed by atoms with Crippen LogP contribution in [0.1, 0.15) is 32.1 Å². The number of benzene rings is 1. The summed E-state index contributed by atoms with van der Waals surface area (Å²) < 4.78 is 6.28. The van der Waals surface area contributed by atoms with Gasteiger partial charge in [-0.25, -0.2) is 0 Å². The number of ether oxygens (including phenoxy) is 1. The van der Waals surface area contributed by atoms with Crippen molar-refractivity contribution in [3.05, 3.63) is 52.1 Å². The first-order chi connectivity index (χ1) is 11.8. The van der Waals surface area contributed by atoms with Crippen molar-refractivity contribution in [1.82, 2.24) is 4.98 Å². The molecule has 1 aromatic carbocycles. The molecule has 1 N–H and O–H groups in total. The Hall–Kier alpha value is -2.07. The van der Waals surface area contributed by atoms with E-state index in [0.29, 0.717) is 18.1 Å². The summed E-state index contributed by atoms with van der Waals surface area (Å²) in [5, 5.41) is 2.98. The molecule has 0 radical (unpaired) electrons. The van der Waals surface area contributed by atoms with E-state index in [1.54, 1.807) is 11.3 Å². The summed E-state index contributed by atoms with van der Waals surface area (Å²) >= 11 is 1.57. The summed E-state index contributed by atoms with van der Waals surface area (Å²) in [6, 6.07) is 11.8. The molecule has 1 fully saturated rings. The average Bonchev–Trinajstić information content (AvgIpc) is 3.14. The highest BCUT2D eigenvalue weighted by atomic mass is 32.1. The smallest absolute Gasteiger partial charge is 0.260 e. The molecule has 0 aliphatic heterocycles. The molecule has 124 valence electrons. The number of H-pyrrole nitrogens is 1. The van der Waals surface area contributed by atoms with E-state index in [1.165, 1.54) is 32.1 Å². The molecule has 0 atom stereocenters. The summed E-state index contributed by atoms with van der Waals surface area (Å²) in [4.78, 5) is 16.6. The Kier molecular flexibility index (Phi) is 4.39. The van der Waals surface area contributed by atoms with Gasteiger partial charge in [0.15, 0.2) is 0 Å². The fourth-order valence-corrected chi connectivity index (χ4v) is 4.33. The van der Waals surface area contributed by atoms with Gasteiger partial charge in [0, 0.05) is 10.3 Å². The van der Waals surface area contributed by atoms with Crippen LogP contribution in [0.15, 0.2) is 46.6 Å². The SMILES string of the molecule is O=c1[nH]c2ccccc2c(OCC2CCCCC2)c1-c1cccs1. The third-order valence-electron chi connectivity index (χ3n) is 4.83. The molecule has 4 heteroatoms. The minimum absolute atomic E-state index is 0.0743. The summed E-state index contributed by atoms with van der Waals surface area (Å²) in [5.41, 5.74) is 1.43. The maximum Gasteiger partial charge on any atom is 0.260 e. The molecule has 2 heterocycles. The molecular formula is C20H21NO2S. The molecule has 4 rings (SSSR count). The van der Waals surface area contributed by atoms with Crippen molar-refractivity contribution >= 4 is 22.2 Å². The first-order valence-electron chi connectivity index (χ1n) is 8.64. The van der Waals surface area contributed by atoms with Crippen LogP contribution in [-0.2, 0) is 0 Å². The maximum absolute atomic E-state index is 12.7. The van der Waals surface area contributed by atoms with E-state index in [4.69, 9.17) is 4.74 Å². The van der Waals surface area contributed by atoms with Crippen LogP contribution in [0.25, 0.3) is 21.3 Å². The Morgan fingerprint density at radius 2 is 1.92 bits per heavy atom. The highest BCUT2D eigenvalue weighted by Gasteiger charge is 2.19. The number of pyridine rings is 1. The minimum Gasteiger partial charge on any atom is -0.492 e. The Morgan fingerprint density at radius 1 is 1.08 bits per heavy atom. The van der Waals surface area contributed by atoms with Crippen LogP contribution in [0.2, 0.25) is 0 Å². The number of aromatic nitrogens is 1. The second-order valence-corrected chi connectivity index (χ2v) is 7.44. The molecule has 2 aromatic heterocycles. The molecule has 1 aliphatic carbocycles. The fourth-order valence-electron chi connectivity index (χ4n) is 3.56. The number of hydrogen-bond donors (Lipinski definition) is 1. The Bertz CT molecular complexity index is 876. The van der Waals surface area contributed by atoms with E-state index in [1.807, 2.05) is 41.8 Å². The summed E-state index contributed by atoms with van der Waals surface area (Å²) in [6.45, 7) is 0.700. The van der Waals surface area contributed by atoms with E-state index < -0.39 is 0 Å². The number of fused-ring (bicyclic) bond motifs is 1. The second-order valence-electron chi connectivity index (χ2n) is 6.50. The van der Waals surface area contributed by atoms with Crippen LogP contribution in [0, 0.1) is 5.92 Å².